The molecule has 0 unspecified atom stereocenters. The first-order chi connectivity index (χ1) is 16.1. The van der Waals surface area contributed by atoms with E-state index < -0.39 is 8.07 Å². The maximum absolute atomic E-state index is 12.9. The summed E-state index contributed by atoms with van der Waals surface area (Å²) in [5.41, 5.74) is 1.41. The Morgan fingerprint density at radius 2 is 1.74 bits per heavy atom. The van der Waals surface area contributed by atoms with Gasteiger partial charge in [-0.15, -0.1) is 0 Å². The lowest BCUT2D eigenvalue weighted by atomic mass is 10.2. The quantitative estimate of drug-likeness (QED) is 0.310. The van der Waals surface area contributed by atoms with E-state index in [0.717, 1.165) is 6.04 Å². The van der Waals surface area contributed by atoms with Gasteiger partial charge in [-0.2, -0.15) is 0 Å². The summed E-state index contributed by atoms with van der Waals surface area (Å²) in [4.78, 5) is 22.0. The Bertz CT molecular complexity index is 1120. The Kier molecular flexibility index (Phi) is 8.16. The van der Waals surface area contributed by atoms with Gasteiger partial charge in [0.15, 0.2) is 5.65 Å². The van der Waals surface area contributed by atoms with Gasteiger partial charge in [0.25, 0.3) is 5.91 Å². The van der Waals surface area contributed by atoms with Crippen molar-refractivity contribution in [1.29, 1.82) is 0 Å². The average molecular weight is 487 g/mol. The Morgan fingerprint density at radius 3 is 2.32 bits per heavy atom. The molecule has 0 radical (unpaired) electrons. The summed E-state index contributed by atoms with van der Waals surface area (Å²) in [7, 11) is 1.94. The number of nitrogens with one attached hydrogen (secondary N) is 1. The highest BCUT2D eigenvalue weighted by Crippen LogP contribution is 2.31. The number of fused-ring (bicyclic) bond motifs is 1. The van der Waals surface area contributed by atoms with Crippen LogP contribution in [0.15, 0.2) is 30.6 Å². The van der Waals surface area contributed by atoms with Crippen molar-refractivity contribution in [2.24, 2.45) is 0 Å². The summed E-state index contributed by atoms with van der Waals surface area (Å²) in [6.45, 7) is 11.7. The highest BCUT2D eigenvalue weighted by Gasteiger charge is 2.20. The van der Waals surface area contributed by atoms with E-state index in [0.29, 0.717) is 40.6 Å². The highest BCUT2D eigenvalue weighted by atomic mass is 28.3. The van der Waals surface area contributed by atoms with Gasteiger partial charge < -0.3 is 28.8 Å². The number of rotatable bonds is 11. The molecule has 0 aliphatic carbocycles. The zero-order chi connectivity index (χ0) is 24.9. The van der Waals surface area contributed by atoms with Gasteiger partial charge in [-0.3, -0.25) is 4.79 Å². The van der Waals surface area contributed by atoms with E-state index in [4.69, 9.17) is 18.9 Å². The maximum atomic E-state index is 12.9. The molecular formula is C24H34N4O5Si. The predicted octanol–water partition coefficient (Wildman–Crippen LogP) is 4.69. The number of nitrogens with zero attached hydrogens (tertiary/aromatic N) is 3. The molecule has 2 aromatic heterocycles. The molecule has 2 heterocycles. The van der Waals surface area contributed by atoms with Gasteiger partial charge in [0, 0.05) is 45.1 Å². The number of amides is 1. The first-order valence-electron chi connectivity index (χ1n) is 11.2. The molecule has 184 valence electrons. The minimum Gasteiger partial charge on any atom is -0.496 e. The van der Waals surface area contributed by atoms with Crippen LogP contribution >= 0.6 is 0 Å². The zero-order valence-corrected chi connectivity index (χ0v) is 22.0. The molecule has 9 nitrogen and oxygen atoms in total. The summed E-state index contributed by atoms with van der Waals surface area (Å²) < 4.78 is 24.2. The van der Waals surface area contributed by atoms with Crippen LogP contribution in [0.5, 0.6) is 23.1 Å². The first-order valence-corrected chi connectivity index (χ1v) is 15.0. The van der Waals surface area contributed by atoms with Crippen LogP contribution < -0.4 is 19.5 Å². The number of ether oxygens (including phenoxy) is 4. The third-order valence-electron chi connectivity index (χ3n) is 4.98. The summed E-state index contributed by atoms with van der Waals surface area (Å²) in [6, 6.07) is 6.23. The highest BCUT2D eigenvalue weighted by molar-refractivity contribution is 6.76. The summed E-state index contributed by atoms with van der Waals surface area (Å²) >= 11 is 0. The molecule has 0 spiro atoms. The van der Waals surface area contributed by atoms with Crippen molar-refractivity contribution in [3.05, 3.63) is 36.2 Å². The second kappa shape index (κ2) is 10.9. The van der Waals surface area contributed by atoms with Gasteiger partial charge in [-0.25, -0.2) is 9.97 Å². The lowest BCUT2D eigenvalue weighted by molar-refractivity contribution is 0.0890. The van der Waals surface area contributed by atoms with Gasteiger partial charge in [0.2, 0.25) is 5.88 Å². The van der Waals surface area contributed by atoms with E-state index in [-0.39, 0.29) is 24.6 Å². The largest absolute Gasteiger partial charge is 0.496 e. The Morgan fingerprint density at radius 1 is 1.09 bits per heavy atom. The maximum Gasteiger partial charge on any atom is 0.255 e. The van der Waals surface area contributed by atoms with E-state index in [1.165, 1.54) is 6.20 Å². The normalized spacial score (nSPS) is 11.6. The van der Waals surface area contributed by atoms with Crippen LogP contribution in [-0.2, 0) is 11.5 Å². The molecule has 0 aliphatic rings. The number of carbonyl (C=O) groups excluding carboxylic acids is 1. The van der Waals surface area contributed by atoms with Crippen molar-refractivity contribution in [1.82, 2.24) is 19.9 Å². The van der Waals surface area contributed by atoms with E-state index in [1.54, 1.807) is 43.2 Å². The Labute approximate surface area is 201 Å². The molecule has 1 N–H and O–H groups in total. The molecule has 0 atom stereocenters. The van der Waals surface area contributed by atoms with Crippen molar-refractivity contribution in [2.45, 2.75) is 52.3 Å². The van der Waals surface area contributed by atoms with E-state index in [9.17, 15) is 4.79 Å². The SMILES string of the molecule is COc1cc(OC)cc(Oc2cnc3c(n2)c(C(=O)NC(C)C)cn3COCC[Si](C)(C)C)c1. The molecule has 0 aliphatic heterocycles. The minimum atomic E-state index is -1.20. The monoisotopic (exact) mass is 486 g/mol. The number of methoxy groups -OCH3 is 2. The van der Waals surface area contributed by atoms with E-state index in [1.807, 2.05) is 13.8 Å². The van der Waals surface area contributed by atoms with Gasteiger partial charge in [0.05, 0.1) is 26.0 Å². The van der Waals surface area contributed by atoms with Crippen molar-refractivity contribution in [3.63, 3.8) is 0 Å². The molecule has 1 aromatic carbocycles. The van der Waals surface area contributed by atoms with Gasteiger partial charge in [0.1, 0.15) is 29.5 Å². The van der Waals surface area contributed by atoms with Crippen molar-refractivity contribution in [2.75, 3.05) is 20.8 Å². The molecule has 0 bridgehead atoms. The molecule has 1 amide bonds. The standard InChI is InChI=1S/C24H34N4O5Si/c1-16(2)26-24(29)20-14-28(15-32-8-9-34(5,6)7)23-22(20)27-21(13-25-23)33-19-11-17(30-3)10-18(12-19)31-4/h10-14,16H,8-9,15H2,1-7H3,(H,26,29). The third-order valence-corrected chi connectivity index (χ3v) is 6.69. The number of aromatic nitrogens is 3. The second-order valence-electron chi connectivity index (χ2n) is 9.52. The topological polar surface area (TPSA) is 96.7 Å². The third kappa shape index (κ3) is 6.70. The molecule has 0 saturated carbocycles. The van der Waals surface area contributed by atoms with Crippen LogP contribution in [0.3, 0.4) is 0 Å². The fourth-order valence-corrected chi connectivity index (χ4v) is 3.95. The van der Waals surface area contributed by atoms with Crippen LogP contribution in [-0.4, -0.2) is 55.4 Å². The lowest BCUT2D eigenvalue weighted by Gasteiger charge is -2.15. The van der Waals surface area contributed by atoms with E-state index >= 15 is 0 Å². The molecule has 0 saturated heterocycles. The van der Waals surface area contributed by atoms with Crippen LogP contribution in [0.2, 0.25) is 25.7 Å². The Balaban J connectivity index is 1.92. The first kappa shape index (κ1) is 25.5. The lowest BCUT2D eigenvalue weighted by Crippen LogP contribution is -2.30. The number of hydrogen-bond donors (Lipinski definition) is 1. The van der Waals surface area contributed by atoms with Gasteiger partial charge >= 0.3 is 0 Å². The fourth-order valence-electron chi connectivity index (χ4n) is 3.19. The van der Waals surface area contributed by atoms with Gasteiger partial charge in [-0.05, 0) is 19.9 Å². The summed E-state index contributed by atoms with van der Waals surface area (Å²) in [6.07, 6.45) is 3.26. The smallest absolute Gasteiger partial charge is 0.255 e. The van der Waals surface area contributed by atoms with Crippen molar-refractivity contribution in [3.8, 4) is 23.1 Å². The van der Waals surface area contributed by atoms with Crippen molar-refractivity contribution < 1.29 is 23.7 Å². The summed E-state index contributed by atoms with van der Waals surface area (Å²) in [5, 5.41) is 2.92. The van der Waals surface area contributed by atoms with Crippen LogP contribution in [0.1, 0.15) is 24.2 Å². The Hall–Kier alpha value is -3.11. The van der Waals surface area contributed by atoms with Crippen LogP contribution in [0.4, 0.5) is 0 Å². The fraction of sp³-hybridized carbons (Fsp3) is 0.458. The molecule has 0 fully saturated rings. The van der Waals surface area contributed by atoms with Crippen molar-refractivity contribution >= 4 is 25.1 Å². The molecule has 34 heavy (non-hydrogen) atoms. The average Bonchev–Trinajstić information content (AvgIpc) is 3.13. The molecule has 3 rings (SSSR count). The number of carbonyl (C=O) groups is 1. The van der Waals surface area contributed by atoms with Crippen LogP contribution in [0.25, 0.3) is 11.2 Å². The molecule has 10 heteroatoms. The second-order valence-corrected chi connectivity index (χ2v) is 15.1. The van der Waals surface area contributed by atoms with Gasteiger partial charge in [-0.1, -0.05) is 19.6 Å². The number of hydrogen-bond acceptors (Lipinski definition) is 7. The minimum absolute atomic E-state index is 0.0180. The molecular weight excluding hydrogens is 452 g/mol. The summed E-state index contributed by atoms with van der Waals surface area (Å²) in [5.74, 6) is 1.67. The van der Waals surface area contributed by atoms with Crippen LogP contribution in [0, 0.1) is 0 Å². The zero-order valence-electron chi connectivity index (χ0n) is 21.0. The van der Waals surface area contributed by atoms with E-state index in [2.05, 4.69) is 34.9 Å². The molecule has 3 aromatic rings. The predicted molar refractivity (Wildman–Crippen MR) is 134 cm³/mol. The number of benzene rings is 1.